The fourth-order valence-corrected chi connectivity index (χ4v) is 7.35. The van der Waals surface area contributed by atoms with Crippen molar-refractivity contribution >= 4 is 15.9 Å². The van der Waals surface area contributed by atoms with Crippen LogP contribution in [0.25, 0.3) is 33.4 Å². The Hall–Kier alpha value is -3.42. The van der Waals surface area contributed by atoms with Gasteiger partial charge in [-0.05, 0) is 79.8 Å². The van der Waals surface area contributed by atoms with Gasteiger partial charge in [0.15, 0.2) is 0 Å². The van der Waals surface area contributed by atoms with E-state index in [-0.39, 0.29) is 5.41 Å². The maximum absolute atomic E-state index is 3.90. The lowest BCUT2D eigenvalue weighted by molar-refractivity contribution is 0.792. The zero-order valence-electron chi connectivity index (χ0n) is 17.9. The average molecular weight is 483 g/mol. The number of hydrogen-bond donors (Lipinski definition) is 0. The molecule has 0 saturated carbocycles. The molecule has 5 aromatic rings. The van der Waals surface area contributed by atoms with Gasteiger partial charge in [0.05, 0.1) is 5.41 Å². The molecule has 3 aliphatic rings. The molecule has 0 N–H and O–H groups in total. The van der Waals surface area contributed by atoms with Crippen molar-refractivity contribution in [2.45, 2.75) is 11.8 Å². The van der Waals surface area contributed by atoms with Gasteiger partial charge < -0.3 is 0 Å². The number of rotatable bonds is 0. The van der Waals surface area contributed by atoms with E-state index in [4.69, 9.17) is 0 Å². The first-order valence-electron chi connectivity index (χ1n) is 11.5. The zero-order valence-corrected chi connectivity index (χ0v) is 19.5. The average Bonchev–Trinajstić information content (AvgIpc) is 3.47. The van der Waals surface area contributed by atoms with Gasteiger partial charge in [-0.25, -0.2) is 0 Å². The molecule has 0 fully saturated rings. The molecule has 5 aromatic carbocycles. The van der Waals surface area contributed by atoms with Crippen molar-refractivity contribution in [3.8, 4) is 33.4 Å². The molecule has 1 unspecified atom stereocenters. The highest BCUT2D eigenvalue weighted by atomic mass is 79.9. The van der Waals surface area contributed by atoms with Crippen molar-refractivity contribution in [2.24, 2.45) is 0 Å². The summed E-state index contributed by atoms with van der Waals surface area (Å²) in [6.07, 6.45) is 1.01. The van der Waals surface area contributed by atoms with Crippen molar-refractivity contribution in [1.82, 2.24) is 0 Å². The molecule has 33 heavy (non-hydrogen) atoms. The molecule has 0 aliphatic heterocycles. The molecular weight excluding hydrogens is 464 g/mol. The van der Waals surface area contributed by atoms with Gasteiger partial charge in [-0.15, -0.1) is 0 Å². The Morgan fingerprint density at radius 1 is 0.485 bits per heavy atom. The van der Waals surface area contributed by atoms with Crippen LogP contribution in [-0.4, -0.2) is 0 Å². The summed E-state index contributed by atoms with van der Waals surface area (Å²) in [6.45, 7) is 0. The summed E-state index contributed by atoms with van der Waals surface area (Å²) in [6, 6.07) is 38.6. The Morgan fingerprint density at radius 3 is 2.00 bits per heavy atom. The minimum atomic E-state index is -0.272. The molecule has 8 rings (SSSR count). The van der Waals surface area contributed by atoms with E-state index >= 15 is 0 Å². The number of benzene rings is 5. The highest BCUT2D eigenvalue weighted by Gasteiger charge is 2.52. The fourth-order valence-electron chi connectivity index (χ4n) is 6.77. The van der Waals surface area contributed by atoms with Gasteiger partial charge >= 0.3 is 0 Å². The third-order valence-corrected chi connectivity index (χ3v) is 8.64. The summed E-state index contributed by atoms with van der Waals surface area (Å²) >= 11 is 3.90. The van der Waals surface area contributed by atoms with Gasteiger partial charge in [-0.3, -0.25) is 0 Å². The molecule has 1 heteroatoms. The molecule has 0 saturated heterocycles. The van der Waals surface area contributed by atoms with Gasteiger partial charge in [0.2, 0.25) is 0 Å². The second-order valence-corrected chi connectivity index (χ2v) is 10.2. The summed E-state index contributed by atoms with van der Waals surface area (Å²) in [5.41, 5.74) is 16.4. The Kier molecular flexibility index (Phi) is 3.35. The van der Waals surface area contributed by atoms with E-state index in [0.29, 0.717) is 0 Å². The van der Waals surface area contributed by atoms with Crippen molar-refractivity contribution in [3.63, 3.8) is 0 Å². The Morgan fingerprint density at radius 2 is 1.15 bits per heavy atom. The van der Waals surface area contributed by atoms with E-state index in [9.17, 15) is 0 Å². The van der Waals surface area contributed by atoms with Crippen LogP contribution in [0, 0.1) is 0 Å². The number of fused-ring (bicyclic) bond motifs is 13. The highest BCUT2D eigenvalue weighted by Crippen LogP contribution is 2.64. The quantitative estimate of drug-likeness (QED) is 0.203. The third-order valence-electron chi connectivity index (χ3n) is 7.98. The molecule has 1 spiro atoms. The smallest absolute Gasteiger partial charge is 0.0619 e. The molecule has 0 bridgehead atoms. The minimum Gasteiger partial charge on any atom is -0.0619 e. The molecule has 154 valence electrons. The van der Waals surface area contributed by atoms with Gasteiger partial charge in [0.25, 0.3) is 0 Å². The van der Waals surface area contributed by atoms with E-state index in [0.717, 1.165) is 6.42 Å². The lowest BCUT2D eigenvalue weighted by Crippen LogP contribution is -2.26. The van der Waals surface area contributed by atoms with Crippen LogP contribution < -0.4 is 0 Å². The lowest BCUT2D eigenvalue weighted by atomic mass is 9.70. The van der Waals surface area contributed by atoms with Crippen molar-refractivity contribution in [3.05, 3.63) is 141 Å². The van der Waals surface area contributed by atoms with Crippen LogP contribution in [0.2, 0.25) is 0 Å². The van der Waals surface area contributed by atoms with Crippen molar-refractivity contribution in [2.75, 3.05) is 0 Å². The molecule has 0 radical (unpaired) electrons. The summed E-state index contributed by atoms with van der Waals surface area (Å²) in [4.78, 5) is 0. The first kappa shape index (κ1) is 18.1. The van der Waals surface area contributed by atoms with Gasteiger partial charge in [-0.1, -0.05) is 107 Å². The van der Waals surface area contributed by atoms with Crippen LogP contribution in [0.1, 0.15) is 33.4 Å². The first-order valence-corrected chi connectivity index (χ1v) is 12.3. The van der Waals surface area contributed by atoms with E-state index < -0.39 is 0 Å². The SMILES string of the molecule is Brc1cccc2c1-c1ccccc1C21c2ccccc2-c2cc3c(cc21)Cc1ccccc1-3. The third kappa shape index (κ3) is 2.04. The largest absolute Gasteiger partial charge is 0.0726 e. The van der Waals surface area contributed by atoms with Crippen LogP contribution in [0.3, 0.4) is 0 Å². The van der Waals surface area contributed by atoms with Crippen LogP contribution in [0.5, 0.6) is 0 Å². The normalized spacial score (nSPS) is 17.8. The Labute approximate surface area is 201 Å². The van der Waals surface area contributed by atoms with Gasteiger partial charge in [-0.2, -0.15) is 0 Å². The van der Waals surface area contributed by atoms with Crippen LogP contribution in [-0.2, 0) is 11.8 Å². The lowest BCUT2D eigenvalue weighted by Gasteiger charge is -2.30. The Balaban J connectivity index is 1.55. The molecule has 3 aliphatic carbocycles. The van der Waals surface area contributed by atoms with E-state index in [2.05, 4.69) is 119 Å². The maximum atomic E-state index is 3.90. The van der Waals surface area contributed by atoms with Gasteiger partial charge in [0.1, 0.15) is 0 Å². The van der Waals surface area contributed by atoms with Crippen LogP contribution in [0.15, 0.2) is 108 Å². The summed E-state index contributed by atoms with van der Waals surface area (Å²) < 4.78 is 1.17. The summed E-state index contributed by atoms with van der Waals surface area (Å²) in [5.74, 6) is 0. The molecule has 0 aromatic heterocycles. The predicted molar refractivity (Wildman–Crippen MR) is 139 cm³/mol. The number of halogens is 1. The van der Waals surface area contributed by atoms with Crippen LogP contribution in [0.4, 0.5) is 0 Å². The monoisotopic (exact) mass is 482 g/mol. The zero-order chi connectivity index (χ0) is 21.7. The predicted octanol–water partition coefficient (Wildman–Crippen LogP) is 8.36. The van der Waals surface area contributed by atoms with Crippen LogP contribution >= 0.6 is 15.9 Å². The topological polar surface area (TPSA) is 0 Å². The Bertz CT molecular complexity index is 1660. The summed E-state index contributed by atoms with van der Waals surface area (Å²) in [5, 5.41) is 0. The van der Waals surface area contributed by atoms with Crippen molar-refractivity contribution in [1.29, 1.82) is 0 Å². The highest BCUT2D eigenvalue weighted by molar-refractivity contribution is 9.10. The molecule has 0 amide bonds. The summed E-state index contributed by atoms with van der Waals surface area (Å²) in [7, 11) is 0. The first-order chi connectivity index (χ1) is 16.3. The standard InChI is InChI=1S/C32H19Br/c33-30-15-7-14-28-31(30)23-11-4-6-13-27(23)32(28)26-12-5-3-10-22(26)25-18-24-20(17-29(25)32)16-19-8-1-2-9-21(19)24/h1-15,17-18H,16H2. The molecule has 0 heterocycles. The molecule has 0 nitrogen and oxygen atoms in total. The van der Waals surface area contributed by atoms with E-state index in [1.807, 2.05) is 0 Å². The fraction of sp³-hybridized carbons (Fsp3) is 0.0625. The second-order valence-electron chi connectivity index (χ2n) is 9.39. The maximum Gasteiger partial charge on any atom is 0.0726 e. The van der Waals surface area contributed by atoms with Gasteiger partial charge in [0, 0.05) is 10.0 Å². The molecular formula is C32H19Br. The van der Waals surface area contributed by atoms with Crippen molar-refractivity contribution < 1.29 is 0 Å². The van der Waals surface area contributed by atoms with E-state index in [1.54, 1.807) is 0 Å². The number of hydrogen-bond acceptors (Lipinski definition) is 0. The second kappa shape index (κ2) is 6.12. The molecule has 1 atom stereocenters. The van der Waals surface area contributed by atoms with E-state index in [1.165, 1.54) is 71.2 Å². The minimum absolute atomic E-state index is 0.272.